The van der Waals surface area contributed by atoms with E-state index in [1.54, 1.807) is 18.2 Å². The Hall–Kier alpha value is -3.28. The molecule has 3 heterocycles. The summed E-state index contributed by atoms with van der Waals surface area (Å²) in [4.78, 5) is 44.9. The molecule has 1 saturated carbocycles. The molecular weight excluding hydrogens is 512 g/mol. The van der Waals surface area contributed by atoms with Crippen LogP contribution in [0.5, 0.6) is 0 Å². The number of anilines is 1. The lowest BCUT2D eigenvalue weighted by atomic mass is 10.1. The first-order valence-electron chi connectivity index (χ1n) is 10.7. The number of carbonyl (C=O) groups is 1. The molecule has 4 aromatic rings. The molecule has 1 aliphatic carbocycles. The number of ketones is 1. The molecule has 0 radical (unpaired) electrons. The highest BCUT2D eigenvalue weighted by atomic mass is 35.5. The molecule has 1 aromatic carbocycles. The highest BCUT2D eigenvalue weighted by molar-refractivity contribution is 7.94. The molecule has 0 saturated heterocycles. The van der Waals surface area contributed by atoms with E-state index in [-0.39, 0.29) is 16.4 Å². The van der Waals surface area contributed by atoms with Crippen LogP contribution in [0.1, 0.15) is 18.4 Å². The number of thiophene rings is 1. The van der Waals surface area contributed by atoms with Crippen molar-refractivity contribution in [1.82, 2.24) is 14.5 Å². The predicted molar refractivity (Wildman–Crippen MR) is 135 cm³/mol. The van der Waals surface area contributed by atoms with Gasteiger partial charge in [-0.15, -0.1) is 11.3 Å². The van der Waals surface area contributed by atoms with Crippen molar-refractivity contribution in [2.75, 3.05) is 11.1 Å². The predicted octanol–water partition coefficient (Wildman–Crippen LogP) is 2.95. The fourth-order valence-electron chi connectivity index (χ4n) is 3.66. The number of Topliss-reactive ketones (excluding diaryl/α,β-unsaturated/α-hetero) is 1. The summed E-state index contributed by atoms with van der Waals surface area (Å²) in [6.07, 6.45) is 3.39. The Kier molecular flexibility index (Phi) is 6.07. The van der Waals surface area contributed by atoms with E-state index in [0.29, 0.717) is 26.8 Å². The highest BCUT2D eigenvalue weighted by Gasteiger charge is 2.22. The fourth-order valence-corrected chi connectivity index (χ4v) is 6.47. The molecule has 1 fully saturated rings. The smallest absolute Gasteiger partial charge is 0.334 e. The Bertz CT molecular complexity index is 1670. The number of carbonyl (C=O) groups excluding carboxylic acids is 1. The number of hydrogen-bond acceptors (Lipinski definition) is 8. The molecule has 0 atom stereocenters. The zero-order chi connectivity index (χ0) is 24.7. The molecule has 5 rings (SSSR count). The molecule has 0 amide bonds. The third-order valence-corrected chi connectivity index (χ3v) is 8.98. The molecule has 180 valence electrons. The van der Waals surface area contributed by atoms with Crippen molar-refractivity contribution in [1.29, 1.82) is 0 Å². The van der Waals surface area contributed by atoms with Crippen molar-refractivity contribution < 1.29 is 13.2 Å². The summed E-state index contributed by atoms with van der Waals surface area (Å²) < 4.78 is 26.0. The Labute approximate surface area is 208 Å². The lowest BCUT2D eigenvalue weighted by Crippen LogP contribution is -2.34. The van der Waals surface area contributed by atoms with Crippen LogP contribution >= 0.6 is 22.9 Å². The Morgan fingerprint density at radius 1 is 1.17 bits per heavy atom. The first-order valence-corrected chi connectivity index (χ1v) is 13.5. The zero-order valence-electron chi connectivity index (χ0n) is 18.2. The molecule has 2 N–H and O–H groups in total. The minimum Gasteiger partial charge on any atom is -0.382 e. The number of H-pyrrole nitrogens is 1. The van der Waals surface area contributed by atoms with E-state index in [1.807, 2.05) is 0 Å². The first-order chi connectivity index (χ1) is 16.7. The van der Waals surface area contributed by atoms with Gasteiger partial charge in [0.1, 0.15) is 15.8 Å². The zero-order valence-corrected chi connectivity index (χ0v) is 20.5. The van der Waals surface area contributed by atoms with Crippen LogP contribution in [0.25, 0.3) is 16.7 Å². The van der Waals surface area contributed by atoms with Gasteiger partial charge in [-0.2, -0.15) is 0 Å². The number of sulfone groups is 1. The molecule has 0 spiro atoms. The second-order valence-electron chi connectivity index (χ2n) is 8.31. The average Bonchev–Trinajstić information content (AvgIpc) is 3.49. The molecule has 0 unspecified atom stereocenters. The molecular formula is C23H19ClN4O5S2. The van der Waals surface area contributed by atoms with E-state index in [9.17, 15) is 22.8 Å². The summed E-state index contributed by atoms with van der Waals surface area (Å²) in [5.41, 5.74) is 0.572. The number of aromatic nitrogens is 3. The van der Waals surface area contributed by atoms with Crippen molar-refractivity contribution in [3.05, 3.63) is 79.4 Å². The van der Waals surface area contributed by atoms with Gasteiger partial charge in [0.05, 0.1) is 15.2 Å². The summed E-state index contributed by atoms with van der Waals surface area (Å²) in [6.45, 7) is 0. The number of aromatic amines is 1. The van der Waals surface area contributed by atoms with Crippen LogP contribution in [0.3, 0.4) is 0 Å². The monoisotopic (exact) mass is 530 g/mol. The molecule has 0 aliphatic heterocycles. The largest absolute Gasteiger partial charge is 0.382 e. The topological polar surface area (TPSA) is 131 Å². The van der Waals surface area contributed by atoms with E-state index in [4.69, 9.17) is 11.6 Å². The van der Waals surface area contributed by atoms with Gasteiger partial charge in [-0.1, -0.05) is 17.7 Å². The molecule has 12 heteroatoms. The second-order valence-corrected chi connectivity index (χ2v) is 12.2. The number of fused-ring (bicyclic) bond motifs is 1. The van der Waals surface area contributed by atoms with Crippen molar-refractivity contribution in [3.63, 3.8) is 0 Å². The average molecular weight is 531 g/mol. The van der Waals surface area contributed by atoms with Crippen LogP contribution in [0.4, 0.5) is 5.69 Å². The van der Waals surface area contributed by atoms with E-state index in [0.717, 1.165) is 34.4 Å². The fraction of sp³-hybridized carbons (Fsp3) is 0.217. The van der Waals surface area contributed by atoms with Gasteiger partial charge in [0.25, 0.3) is 5.56 Å². The molecule has 9 nitrogen and oxygen atoms in total. The number of hydrogen-bond donors (Lipinski definition) is 2. The number of pyridine rings is 1. The van der Waals surface area contributed by atoms with Gasteiger partial charge >= 0.3 is 5.69 Å². The Morgan fingerprint density at radius 2 is 1.97 bits per heavy atom. The lowest BCUT2D eigenvalue weighted by Gasteiger charge is -2.09. The van der Waals surface area contributed by atoms with Gasteiger partial charge in [-0.3, -0.25) is 9.59 Å². The van der Waals surface area contributed by atoms with Gasteiger partial charge in [0, 0.05) is 24.3 Å². The van der Waals surface area contributed by atoms with Crippen molar-refractivity contribution in [2.24, 2.45) is 0 Å². The van der Waals surface area contributed by atoms with Crippen LogP contribution < -0.4 is 16.6 Å². The third kappa shape index (κ3) is 5.07. The maximum absolute atomic E-state index is 13.0. The van der Waals surface area contributed by atoms with Crippen LogP contribution in [-0.2, 0) is 21.1 Å². The SMILES string of the molecule is O=C(Cc1ccc(-n2c(=O)[nH]c3cc(NC4CC4)ccc3c2=O)nc1)CS(=O)(=O)c1ccc(Cl)s1. The van der Waals surface area contributed by atoms with Crippen LogP contribution in [0.2, 0.25) is 4.34 Å². The van der Waals surface area contributed by atoms with Crippen LogP contribution in [-0.4, -0.2) is 40.5 Å². The quantitative estimate of drug-likeness (QED) is 0.358. The van der Waals surface area contributed by atoms with Gasteiger partial charge in [0.15, 0.2) is 15.6 Å². The summed E-state index contributed by atoms with van der Waals surface area (Å²) in [5, 5.41) is 3.66. The maximum Gasteiger partial charge on any atom is 0.334 e. The molecule has 3 aromatic heterocycles. The first kappa shape index (κ1) is 23.5. The van der Waals surface area contributed by atoms with Gasteiger partial charge in [-0.25, -0.2) is 22.8 Å². The molecule has 35 heavy (non-hydrogen) atoms. The highest BCUT2D eigenvalue weighted by Crippen LogP contribution is 2.27. The Balaban J connectivity index is 1.35. The van der Waals surface area contributed by atoms with Crippen LogP contribution in [0, 0.1) is 0 Å². The number of rotatable bonds is 8. The minimum absolute atomic E-state index is 0.0367. The Morgan fingerprint density at radius 3 is 2.63 bits per heavy atom. The summed E-state index contributed by atoms with van der Waals surface area (Å²) in [5.74, 6) is -1.08. The second kappa shape index (κ2) is 9.06. The summed E-state index contributed by atoms with van der Waals surface area (Å²) in [7, 11) is -3.78. The van der Waals surface area contributed by atoms with Gasteiger partial charge in [-0.05, 0) is 54.8 Å². The van der Waals surface area contributed by atoms with E-state index >= 15 is 0 Å². The molecule has 0 bridgehead atoms. The van der Waals surface area contributed by atoms with E-state index in [1.165, 1.54) is 30.5 Å². The maximum atomic E-state index is 13.0. The minimum atomic E-state index is -3.78. The van der Waals surface area contributed by atoms with Crippen molar-refractivity contribution in [3.8, 4) is 5.82 Å². The number of halogens is 1. The van der Waals surface area contributed by atoms with Crippen LogP contribution in [0.15, 0.2) is 62.5 Å². The van der Waals surface area contributed by atoms with E-state index in [2.05, 4.69) is 15.3 Å². The standard InChI is InChI=1S/C23H19ClN4O5S2/c24-19-6-8-21(34-19)35(32,33)12-16(29)9-13-1-7-20(25-11-13)28-22(30)17-5-4-15(26-14-2-3-14)10-18(17)27-23(28)31/h1,4-8,10-11,14,26H,2-3,9,12H2,(H,27,31). The summed E-state index contributed by atoms with van der Waals surface area (Å²) >= 11 is 6.69. The van der Waals surface area contributed by atoms with Gasteiger partial charge < -0.3 is 10.3 Å². The number of nitrogens with one attached hydrogen (secondary N) is 2. The molecule has 1 aliphatic rings. The summed E-state index contributed by atoms with van der Waals surface area (Å²) in [6, 6.07) is 11.4. The normalized spacial score (nSPS) is 13.7. The van der Waals surface area contributed by atoms with E-state index < -0.39 is 32.6 Å². The van der Waals surface area contributed by atoms with Crippen molar-refractivity contribution in [2.45, 2.75) is 29.5 Å². The third-order valence-electron chi connectivity index (χ3n) is 5.49. The number of benzene rings is 1. The number of nitrogens with zero attached hydrogens (tertiary/aromatic N) is 2. The van der Waals surface area contributed by atoms with Gasteiger partial charge in [0.2, 0.25) is 0 Å². The van der Waals surface area contributed by atoms with Crippen molar-refractivity contribution >= 4 is 55.1 Å². The lowest BCUT2D eigenvalue weighted by molar-refractivity contribution is -0.116.